The van der Waals surface area contributed by atoms with Crippen LogP contribution in [0.4, 0.5) is 26.3 Å². The number of carbonyl (C=O) groups excluding carboxylic acids is 1. The molecule has 3 aliphatic rings. The summed E-state index contributed by atoms with van der Waals surface area (Å²) in [6, 6.07) is 6.56. The van der Waals surface area contributed by atoms with E-state index in [2.05, 4.69) is 9.88 Å². The Morgan fingerprint density at radius 3 is 2.18 bits per heavy atom. The molecule has 38 heavy (non-hydrogen) atoms. The molecule has 1 spiro atoms. The summed E-state index contributed by atoms with van der Waals surface area (Å²) in [6.07, 6.45) is -5.91. The number of amides is 1. The van der Waals surface area contributed by atoms with Crippen LogP contribution >= 0.6 is 0 Å². The number of piperidine rings is 1. The summed E-state index contributed by atoms with van der Waals surface area (Å²) in [5.41, 5.74) is 1.85. The maximum Gasteiger partial charge on any atom is 0.490 e. The molecular weight excluding hydrogens is 528 g/mol. The molecular formula is C23H29F6N3O6. The molecule has 3 aliphatic heterocycles. The van der Waals surface area contributed by atoms with Crippen LogP contribution in [0.2, 0.25) is 0 Å². The Bertz CT molecular complexity index is 959. The van der Waals surface area contributed by atoms with E-state index < -0.39 is 24.3 Å². The van der Waals surface area contributed by atoms with Crippen molar-refractivity contribution in [2.45, 2.75) is 57.5 Å². The van der Waals surface area contributed by atoms with E-state index >= 15 is 0 Å². The third-order valence-corrected chi connectivity index (χ3v) is 6.41. The van der Waals surface area contributed by atoms with Crippen molar-refractivity contribution in [3.05, 3.63) is 29.6 Å². The van der Waals surface area contributed by atoms with Gasteiger partial charge in [-0.1, -0.05) is 6.07 Å². The standard InChI is InChI=1S/C19H27N3O2.2C2HF3O2/c1-15-4-2-5-16(20-15)12-21-10-8-19(18(21)23)7-3-9-22(14-19)17-6-11-24-13-17;2*3-2(4,5)1(6)7/h2,4-5,17H,3,6-14H2,1H3;2*(H,6,7). The second kappa shape index (κ2) is 12.7. The smallest absolute Gasteiger partial charge is 0.475 e. The van der Waals surface area contributed by atoms with E-state index in [9.17, 15) is 31.1 Å². The summed E-state index contributed by atoms with van der Waals surface area (Å²) in [7, 11) is 0. The van der Waals surface area contributed by atoms with Gasteiger partial charge in [0.15, 0.2) is 0 Å². The lowest BCUT2D eigenvalue weighted by Gasteiger charge is -2.41. The van der Waals surface area contributed by atoms with E-state index in [0.717, 1.165) is 69.9 Å². The first-order valence-electron chi connectivity index (χ1n) is 11.7. The average molecular weight is 557 g/mol. The Balaban J connectivity index is 0.000000301. The number of halogens is 6. The molecule has 1 amide bonds. The fourth-order valence-electron chi connectivity index (χ4n) is 4.59. The third kappa shape index (κ3) is 8.82. The molecule has 4 heterocycles. The molecule has 0 aliphatic carbocycles. The van der Waals surface area contributed by atoms with Crippen LogP contribution in [0.1, 0.15) is 37.1 Å². The summed E-state index contributed by atoms with van der Waals surface area (Å²) >= 11 is 0. The van der Waals surface area contributed by atoms with E-state index in [1.807, 2.05) is 30.0 Å². The number of likely N-dealkylation sites (tertiary alicyclic amines) is 2. The van der Waals surface area contributed by atoms with Crippen LogP contribution in [-0.2, 0) is 25.7 Å². The van der Waals surface area contributed by atoms with Gasteiger partial charge in [-0.3, -0.25) is 14.7 Å². The highest BCUT2D eigenvalue weighted by Gasteiger charge is 2.49. The average Bonchev–Trinajstić information content (AvgIpc) is 3.45. The number of alkyl halides is 6. The van der Waals surface area contributed by atoms with Gasteiger partial charge in [0.05, 0.1) is 24.3 Å². The molecule has 214 valence electrons. The van der Waals surface area contributed by atoms with Crippen LogP contribution < -0.4 is 0 Å². The van der Waals surface area contributed by atoms with Gasteiger partial charge in [0.2, 0.25) is 5.91 Å². The largest absolute Gasteiger partial charge is 0.490 e. The van der Waals surface area contributed by atoms with Gasteiger partial charge >= 0.3 is 24.3 Å². The minimum Gasteiger partial charge on any atom is -0.475 e. The third-order valence-electron chi connectivity index (χ3n) is 6.41. The number of pyridine rings is 1. The van der Waals surface area contributed by atoms with Crippen molar-refractivity contribution in [2.24, 2.45) is 5.41 Å². The second-order valence-corrected chi connectivity index (χ2v) is 9.22. The number of carboxylic acids is 2. The molecule has 2 unspecified atom stereocenters. The Kier molecular flexibility index (Phi) is 10.5. The monoisotopic (exact) mass is 557 g/mol. The van der Waals surface area contributed by atoms with Crippen molar-refractivity contribution in [3.8, 4) is 0 Å². The molecule has 0 radical (unpaired) electrons. The first kappa shape index (κ1) is 31.3. The number of carbonyl (C=O) groups is 3. The summed E-state index contributed by atoms with van der Waals surface area (Å²) in [6.45, 7) is 7.24. The van der Waals surface area contributed by atoms with Crippen LogP contribution in [0.25, 0.3) is 0 Å². The molecule has 2 atom stereocenters. The Labute approximate surface area is 214 Å². The van der Waals surface area contributed by atoms with Gasteiger partial charge in [-0.2, -0.15) is 26.3 Å². The molecule has 0 saturated carbocycles. The van der Waals surface area contributed by atoms with Crippen LogP contribution in [0.3, 0.4) is 0 Å². The van der Waals surface area contributed by atoms with Gasteiger partial charge in [-0.25, -0.2) is 9.59 Å². The lowest BCUT2D eigenvalue weighted by atomic mass is 9.78. The zero-order chi connectivity index (χ0) is 28.7. The van der Waals surface area contributed by atoms with Crippen LogP contribution in [0.5, 0.6) is 0 Å². The summed E-state index contributed by atoms with van der Waals surface area (Å²) in [4.78, 5) is 40.1. The molecule has 1 aromatic rings. The number of aromatic nitrogens is 1. The molecule has 3 fully saturated rings. The Morgan fingerprint density at radius 2 is 1.68 bits per heavy atom. The minimum atomic E-state index is -5.08. The van der Waals surface area contributed by atoms with Crippen molar-refractivity contribution < 1.29 is 55.7 Å². The topological polar surface area (TPSA) is 120 Å². The zero-order valence-corrected chi connectivity index (χ0v) is 20.5. The first-order valence-corrected chi connectivity index (χ1v) is 11.7. The SMILES string of the molecule is Cc1cccc(CN2CCC3(CCCN(C4CCOC4)C3)C2=O)n1.O=C(O)C(F)(F)F.O=C(O)C(F)(F)F. The number of hydrogen-bond donors (Lipinski definition) is 2. The van der Waals surface area contributed by atoms with Crippen LogP contribution in [0, 0.1) is 12.3 Å². The van der Waals surface area contributed by atoms with E-state index in [-0.39, 0.29) is 5.41 Å². The number of carboxylic acid groups (broad SMARTS) is 2. The van der Waals surface area contributed by atoms with Gasteiger partial charge in [-0.05, 0) is 51.3 Å². The van der Waals surface area contributed by atoms with Gasteiger partial charge in [0, 0.05) is 31.4 Å². The number of aliphatic carboxylic acids is 2. The van der Waals surface area contributed by atoms with Crippen LogP contribution in [0.15, 0.2) is 18.2 Å². The normalized spacial score (nSPS) is 23.9. The molecule has 4 rings (SSSR count). The second-order valence-electron chi connectivity index (χ2n) is 9.22. The number of rotatable bonds is 3. The maximum atomic E-state index is 13.2. The van der Waals surface area contributed by atoms with E-state index in [0.29, 0.717) is 18.5 Å². The molecule has 2 N–H and O–H groups in total. The predicted octanol–water partition coefficient (Wildman–Crippen LogP) is 3.26. The lowest BCUT2D eigenvalue weighted by molar-refractivity contribution is -0.193. The van der Waals surface area contributed by atoms with Gasteiger partial charge in [0.25, 0.3) is 0 Å². The molecule has 9 nitrogen and oxygen atoms in total. The summed E-state index contributed by atoms with van der Waals surface area (Å²) in [5.74, 6) is -5.17. The van der Waals surface area contributed by atoms with Gasteiger partial charge < -0.3 is 19.8 Å². The number of hydrogen-bond acceptors (Lipinski definition) is 6. The highest BCUT2D eigenvalue weighted by Crippen LogP contribution is 2.41. The van der Waals surface area contributed by atoms with Crippen molar-refractivity contribution in [3.63, 3.8) is 0 Å². The Hall–Kier alpha value is -2.94. The molecule has 0 bridgehead atoms. The number of ether oxygens (including phenoxy) is 1. The molecule has 3 saturated heterocycles. The van der Waals surface area contributed by atoms with Crippen molar-refractivity contribution in [1.82, 2.24) is 14.8 Å². The van der Waals surface area contributed by atoms with E-state index in [4.69, 9.17) is 24.5 Å². The van der Waals surface area contributed by atoms with Crippen molar-refractivity contribution >= 4 is 17.8 Å². The lowest BCUT2D eigenvalue weighted by Crippen LogP contribution is -2.51. The van der Waals surface area contributed by atoms with Crippen LogP contribution in [-0.4, -0.2) is 94.1 Å². The van der Waals surface area contributed by atoms with E-state index in [1.54, 1.807) is 0 Å². The first-order chi connectivity index (χ1) is 17.5. The van der Waals surface area contributed by atoms with E-state index in [1.165, 1.54) is 0 Å². The van der Waals surface area contributed by atoms with Crippen molar-refractivity contribution in [2.75, 3.05) is 32.8 Å². The summed E-state index contributed by atoms with van der Waals surface area (Å²) in [5, 5.41) is 14.2. The van der Waals surface area contributed by atoms with Gasteiger partial charge in [0.1, 0.15) is 0 Å². The van der Waals surface area contributed by atoms with Crippen molar-refractivity contribution in [1.29, 1.82) is 0 Å². The maximum absolute atomic E-state index is 13.2. The minimum absolute atomic E-state index is 0.162. The highest BCUT2D eigenvalue weighted by molar-refractivity contribution is 5.85. The molecule has 1 aromatic heterocycles. The quantitative estimate of drug-likeness (QED) is 0.544. The highest BCUT2D eigenvalue weighted by atomic mass is 19.4. The van der Waals surface area contributed by atoms with Gasteiger partial charge in [-0.15, -0.1) is 0 Å². The predicted molar refractivity (Wildman–Crippen MR) is 119 cm³/mol. The Morgan fingerprint density at radius 1 is 1.08 bits per heavy atom. The summed E-state index contributed by atoms with van der Waals surface area (Å²) < 4.78 is 69.0. The zero-order valence-electron chi connectivity index (χ0n) is 20.5. The molecule has 15 heteroatoms. The molecule has 0 aromatic carbocycles. The number of nitrogens with zero attached hydrogens (tertiary/aromatic N) is 3. The fraction of sp³-hybridized carbons (Fsp3) is 0.652. The fourth-order valence-corrected chi connectivity index (χ4v) is 4.59. The number of aryl methyl sites for hydroxylation is 1.